The van der Waals surface area contributed by atoms with Crippen molar-refractivity contribution in [1.29, 1.82) is 0 Å². The summed E-state index contributed by atoms with van der Waals surface area (Å²) in [6.07, 6.45) is 1.01. The summed E-state index contributed by atoms with van der Waals surface area (Å²) in [6.45, 7) is 2.96. The largest absolute Gasteiger partial charge is 0.463 e. The SMILES string of the molecule is CCCNC(c1ccc(C(=O)OC)o1)c1cc(Br)c(Br)s1. The Morgan fingerprint density at radius 2 is 2.24 bits per heavy atom. The fourth-order valence-electron chi connectivity index (χ4n) is 1.85. The molecule has 0 radical (unpaired) electrons. The van der Waals surface area contributed by atoms with Gasteiger partial charge in [0, 0.05) is 9.35 Å². The third kappa shape index (κ3) is 3.97. The van der Waals surface area contributed by atoms with Gasteiger partial charge in [0.1, 0.15) is 11.8 Å². The Labute approximate surface area is 144 Å². The molecule has 0 amide bonds. The molecule has 0 aliphatic rings. The highest BCUT2D eigenvalue weighted by molar-refractivity contribution is 9.13. The second-order valence-corrected chi connectivity index (χ2v) is 7.61. The number of halogens is 2. The van der Waals surface area contributed by atoms with E-state index in [0.717, 1.165) is 26.1 Å². The number of hydrogen-bond donors (Lipinski definition) is 1. The van der Waals surface area contributed by atoms with Crippen LogP contribution in [-0.4, -0.2) is 19.6 Å². The first-order chi connectivity index (χ1) is 10.1. The van der Waals surface area contributed by atoms with Crippen molar-refractivity contribution in [3.8, 4) is 0 Å². The van der Waals surface area contributed by atoms with Crippen LogP contribution in [0.4, 0.5) is 0 Å². The zero-order valence-corrected chi connectivity index (χ0v) is 15.6. The van der Waals surface area contributed by atoms with Crippen molar-refractivity contribution < 1.29 is 13.9 Å². The van der Waals surface area contributed by atoms with Crippen molar-refractivity contribution in [2.24, 2.45) is 0 Å². The molecule has 2 rings (SSSR count). The van der Waals surface area contributed by atoms with Crippen molar-refractivity contribution in [3.63, 3.8) is 0 Å². The number of esters is 1. The van der Waals surface area contributed by atoms with Crippen LogP contribution in [0.1, 0.15) is 40.6 Å². The summed E-state index contributed by atoms with van der Waals surface area (Å²) in [5, 5.41) is 3.44. The van der Waals surface area contributed by atoms with Gasteiger partial charge in [-0.2, -0.15) is 0 Å². The van der Waals surface area contributed by atoms with Gasteiger partial charge in [-0.15, -0.1) is 11.3 Å². The van der Waals surface area contributed by atoms with Gasteiger partial charge in [-0.3, -0.25) is 0 Å². The first kappa shape index (κ1) is 16.7. The number of rotatable bonds is 6. The van der Waals surface area contributed by atoms with E-state index in [1.807, 2.05) is 6.07 Å². The average molecular weight is 437 g/mol. The quantitative estimate of drug-likeness (QED) is 0.664. The third-order valence-electron chi connectivity index (χ3n) is 2.85. The second-order valence-electron chi connectivity index (χ2n) is 4.35. The fourth-order valence-corrected chi connectivity index (χ4v) is 4.03. The number of furan rings is 1. The predicted octanol–water partition coefficient (Wildman–Crippen LogP) is 4.74. The number of thiophene rings is 1. The average Bonchev–Trinajstić information content (AvgIpc) is 3.07. The third-order valence-corrected chi connectivity index (χ3v) is 6.17. The van der Waals surface area contributed by atoms with Crippen molar-refractivity contribution in [2.45, 2.75) is 19.4 Å². The zero-order chi connectivity index (χ0) is 15.4. The number of methoxy groups -OCH3 is 1. The highest BCUT2D eigenvalue weighted by Crippen LogP contribution is 2.38. The lowest BCUT2D eigenvalue weighted by molar-refractivity contribution is 0.0562. The van der Waals surface area contributed by atoms with Gasteiger partial charge in [-0.1, -0.05) is 6.92 Å². The van der Waals surface area contributed by atoms with Gasteiger partial charge in [-0.05, 0) is 63.0 Å². The molecule has 1 unspecified atom stereocenters. The smallest absolute Gasteiger partial charge is 0.373 e. The summed E-state index contributed by atoms with van der Waals surface area (Å²) >= 11 is 8.62. The van der Waals surface area contributed by atoms with Gasteiger partial charge in [-0.25, -0.2) is 4.79 Å². The van der Waals surface area contributed by atoms with Crippen molar-refractivity contribution in [2.75, 3.05) is 13.7 Å². The van der Waals surface area contributed by atoms with Gasteiger partial charge in [0.15, 0.2) is 0 Å². The molecular formula is C14H15Br2NO3S. The van der Waals surface area contributed by atoms with Crippen LogP contribution in [0.15, 0.2) is 30.9 Å². The normalized spacial score (nSPS) is 12.4. The standard InChI is InChI=1S/C14H15Br2NO3S/c1-3-6-17-12(11-7-8(15)13(16)21-11)9-4-5-10(20-9)14(18)19-2/h4-5,7,12,17H,3,6H2,1-2H3. The van der Waals surface area contributed by atoms with Gasteiger partial charge in [0.05, 0.1) is 10.9 Å². The van der Waals surface area contributed by atoms with E-state index in [4.69, 9.17) is 4.42 Å². The van der Waals surface area contributed by atoms with Gasteiger partial charge < -0.3 is 14.5 Å². The molecule has 2 heterocycles. The van der Waals surface area contributed by atoms with Crippen molar-refractivity contribution in [3.05, 3.63) is 42.9 Å². The van der Waals surface area contributed by atoms with Gasteiger partial charge >= 0.3 is 5.97 Å². The lowest BCUT2D eigenvalue weighted by atomic mass is 10.2. The number of ether oxygens (including phenoxy) is 1. The van der Waals surface area contributed by atoms with E-state index in [2.05, 4.69) is 48.8 Å². The summed E-state index contributed by atoms with van der Waals surface area (Å²) < 4.78 is 12.3. The summed E-state index contributed by atoms with van der Waals surface area (Å²) in [5.74, 6) is 0.444. The molecule has 0 aliphatic carbocycles. The Morgan fingerprint density at radius 3 is 2.81 bits per heavy atom. The minimum atomic E-state index is -0.468. The predicted molar refractivity (Wildman–Crippen MR) is 89.9 cm³/mol. The molecule has 114 valence electrons. The molecular weight excluding hydrogens is 422 g/mol. The summed E-state index contributed by atoms with van der Waals surface area (Å²) in [4.78, 5) is 12.6. The van der Waals surface area contributed by atoms with Crippen LogP contribution in [-0.2, 0) is 4.74 Å². The lowest BCUT2D eigenvalue weighted by Gasteiger charge is -2.14. The Balaban J connectivity index is 2.31. The second kappa shape index (κ2) is 7.58. The van der Waals surface area contributed by atoms with E-state index in [9.17, 15) is 4.79 Å². The monoisotopic (exact) mass is 435 g/mol. The summed E-state index contributed by atoms with van der Waals surface area (Å²) in [6, 6.07) is 5.40. The molecule has 1 N–H and O–H groups in total. The molecule has 1 atom stereocenters. The minimum absolute atomic E-state index is 0.0871. The Morgan fingerprint density at radius 1 is 1.48 bits per heavy atom. The van der Waals surface area contributed by atoms with E-state index in [0.29, 0.717) is 5.76 Å². The Hall–Kier alpha value is -0.630. The van der Waals surface area contributed by atoms with Gasteiger partial charge in [0.25, 0.3) is 0 Å². The molecule has 0 spiro atoms. The zero-order valence-electron chi connectivity index (χ0n) is 11.6. The number of carbonyl (C=O) groups excluding carboxylic acids is 1. The molecule has 2 aromatic heterocycles. The fraction of sp³-hybridized carbons (Fsp3) is 0.357. The van der Waals surface area contributed by atoms with Crippen LogP contribution in [0.2, 0.25) is 0 Å². The maximum atomic E-state index is 11.5. The molecule has 0 aromatic carbocycles. The van der Waals surface area contributed by atoms with Crippen molar-refractivity contribution in [1.82, 2.24) is 5.32 Å². The van der Waals surface area contributed by atoms with Crippen LogP contribution in [0.3, 0.4) is 0 Å². The lowest BCUT2D eigenvalue weighted by Crippen LogP contribution is -2.22. The van der Waals surface area contributed by atoms with E-state index >= 15 is 0 Å². The van der Waals surface area contributed by atoms with Crippen LogP contribution >= 0.6 is 43.2 Å². The molecule has 0 saturated carbocycles. The number of hydrogen-bond acceptors (Lipinski definition) is 5. The van der Waals surface area contributed by atoms with Gasteiger partial charge in [0.2, 0.25) is 5.76 Å². The van der Waals surface area contributed by atoms with Crippen LogP contribution in [0, 0.1) is 0 Å². The van der Waals surface area contributed by atoms with E-state index in [1.54, 1.807) is 23.5 Å². The first-order valence-electron chi connectivity index (χ1n) is 6.43. The molecule has 7 heteroatoms. The van der Waals surface area contributed by atoms with Crippen LogP contribution in [0.25, 0.3) is 0 Å². The summed E-state index contributed by atoms with van der Waals surface area (Å²) in [5.41, 5.74) is 0. The number of carbonyl (C=O) groups is 1. The molecule has 0 bridgehead atoms. The molecule has 2 aromatic rings. The molecule has 21 heavy (non-hydrogen) atoms. The van der Waals surface area contributed by atoms with Crippen molar-refractivity contribution >= 4 is 49.2 Å². The molecule has 0 saturated heterocycles. The highest BCUT2D eigenvalue weighted by atomic mass is 79.9. The highest BCUT2D eigenvalue weighted by Gasteiger charge is 2.22. The minimum Gasteiger partial charge on any atom is -0.463 e. The summed E-state index contributed by atoms with van der Waals surface area (Å²) in [7, 11) is 1.34. The molecule has 4 nitrogen and oxygen atoms in total. The van der Waals surface area contributed by atoms with Crippen LogP contribution < -0.4 is 5.32 Å². The maximum Gasteiger partial charge on any atom is 0.373 e. The maximum absolute atomic E-state index is 11.5. The Kier molecular flexibility index (Phi) is 6.04. The molecule has 0 fully saturated rings. The molecule has 0 aliphatic heterocycles. The topological polar surface area (TPSA) is 51.5 Å². The van der Waals surface area contributed by atoms with E-state index in [-0.39, 0.29) is 11.8 Å². The Bertz CT molecular complexity index is 604. The van der Waals surface area contributed by atoms with Crippen LogP contribution in [0.5, 0.6) is 0 Å². The first-order valence-corrected chi connectivity index (χ1v) is 8.83. The van der Waals surface area contributed by atoms with E-state index in [1.165, 1.54) is 7.11 Å². The number of nitrogens with one attached hydrogen (secondary N) is 1. The van der Waals surface area contributed by atoms with E-state index < -0.39 is 5.97 Å².